The van der Waals surface area contributed by atoms with Crippen molar-refractivity contribution in [2.24, 2.45) is 0 Å². The molecule has 2 nitrogen and oxygen atoms in total. The van der Waals surface area contributed by atoms with E-state index in [1.165, 1.54) is 0 Å². The highest BCUT2D eigenvalue weighted by Gasteiger charge is 2.36. The lowest BCUT2D eigenvalue weighted by Crippen LogP contribution is -2.16. The Balaban J connectivity index is 1.31. The van der Waals surface area contributed by atoms with E-state index in [-0.39, 0.29) is 33.0 Å². The van der Waals surface area contributed by atoms with Crippen molar-refractivity contribution in [2.45, 2.75) is 19.3 Å². The van der Waals surface area contributed by atoms with Crippen LogP contribution >= 0.6 is 0 Å². The SMILES string of the molecule is [2H]c1c([2H])c([2H])c(-c2c([2H])c([2H])c(-c3c([2H])c4c(oc5c([2H])c([2H])c([2H])c(N(c6cccc(-c7ccccc7)c6)c6ccc7c(c6)C(C)(C)c6ccccc6-7)c54)c4c([2H])c([2H])c([2H])c([2H])c34)c([2H])c2[2H])c([2H])c1[2H]. The van der Waals surface area contributed by atoms with Gasteiger partial charge in [-0.1, -0.05) is 171 Å². The van der Waals surface area contributed by atoms with Crippen LogP contribution < -0.4 is 4.90 Å². The van der Waals surface area contributed by atoms with Crippen LogP contribution in [-0.4, -0.2) is 0 Å². The molecule has 0 saturated heterocycles. The van der Waals surface area contributed by atoms with Gasteiger partial charge in [-0.25, -0.2) is 0 Å². The summed E-state index contributed by atoms with van der Waals surface area (Å²) in [6.07, 6.45) is 0. The number of fused-ring (bicyclic) bond motifs is 8. The van der Waals surface area contributed by atoms with Gasteiger partial charge in [-0.3, -0.25) is 0 Å². The average molecular weight is 747 g/mol. The molecule has 1 aliphatic rings. The molecule has 1 aromatic heterocycles. The highest BCUT2D eigenvalue weighted by atomic mass is 16.3. The lowest BCUT2D eigenvalue weighted by atomic mass is 9.82. The molecule has 0 N–H and O–H groups in total. The molecular formula is C55H39NO. The Bertz CT molecular complexity index is 4090. The Morgan fingerprint density at radius 3 is 2.00 bits per heavy atom. The summed E-state index contributed by atoms with van der Waals surface area (Å²) >= 11 is 0. The smallest absolute Gasteiger partial charge is 0.143 e. The second-order valence-electron chi connectivity index (χ2n) is 14.4. The normalized spacial score (nSPS) is 17.1. The van der Waals surface area contributed by atoms with E-state index in [9.17, 15) is 13.7 Å². The van der Waals surface area contributed by atoms with Crippen LogP contribution in [0.25, 0.3) is 77.2 Å². The molecule has 0 amide bonds. The highest BCUT2D eigenvalue weighted by Crippen LogP contribution is 2.52. The summed E-state index contributed by atoms with van der Waals surface area (Å²) in [5.41, 5.74) is 3.16. The van der Waals surface area contributed by atoms with Crippen LogP contribution in [0.15, 0.2) is 204 Å². The second-order valence-corrected chi connectivity index (χ2v) is 14.4. The van der Waals surface area contributed by atoms with Crippen molar-refractivity contribution >= 4 is 49.8 Å². The summed E-state index contributed by atoms with van der Waals surface area (Å²) in [4.78, 5) is 1.73. The zero-order valence-corrected chi connectivity index (χ0v) is 30.6. The van der Waals surface area contributed by atoms with Gasteiger partial charge in [0.25, 0.3) is 0 Å². The molecule has 0 radical (unpaired) electrons. The van der Waals surface area contributed by atoms with Crippen LogP contribution in [0.3, 0.4) is 0 Å². The van der Waals surface area contributed by atoms with Gasteiger partial charge in [-0.05, 0) is 103 Å². The molecular weight excluding hydrogens is 691 g/mol. The van der Waals surface area contributed by atoms with Crippen molar-refractivity contribution in [3.63, 3.8) is 0 Å². The molecule has 9 aromatic carbocycles. The standard InChI is InChI=1S/C55H39NO/c1-55(2)49-24-12-11-22-44(49)45-32-31-42(34-50(45)55)56(41-20-13-19-40(33-41)37-17-7-4-8-18-37)51-25-14-26-52-53(51)48-35-47(43-21-9-10-23-46(43)54(48)57-52)39-29-27-38(28-30-39)36-15-5-3-6-16-36/h3-35H,1-2H3/i3D,5D,6D,9D,10D,14D,15D,16D,21D,23D,25D,26D,27D,28D,29D,30D,35D. The molecule has 10 aromatic rings. The Morgan fingerprint density at radius 1 is 0.474 bits per heavy atom. The largest absolute Gasteiger partial charge is 0.455 e. The molecule has 57 heavy (non-hydrogen) atoms. The topological polar surface area (TPSA) is 16.4 Å². The van der Waals surface area contributed by atoms with E-state index in [2.05, 4.69) is 26.0 Å². The zero-order chi connectivity index (χ0) is 52.9. The van der Waals surface area contributed by atoms with Crippen molar-refractivity contribution in [3.05, 3.63) is 211 Å². The predicted molar refractivity (Wildman–Crippen MR) is 240 cm³/mol. The molecule has 0 fully saturated rings. The summed E-state index contributed by atoms with van der Waals surface area (Å²) in [6.45, 7) is 4.22. The predicted octanol–water partition coefficient (Wildman–Crippen LogP) is 15.5. The van der Waals surface area contributed by atoms with Crippen LogP contribution in [0.1, 0.15) is 48.3 Å². The fourth-order valence-corrected chi connectivity index (χ4v) is 8.09. The van der Waals surface area contributed by atoms with E-state index in [1.807, 2.05) is 84.9 Å². The van der Waals surface area contributed by atoms with E-state index in [4.69, 9.17) is 14.0 Å². The molecule has 0 unspecified atom stereocenters. The van der Waals surface area contributed by atoms with Crippen molar-refractivity contribution in [3.8, 4) is 44.5 Å². The minimum atomic E-state index is -0.863. The van der Waals surface area contributed by atoms with Gasteiger partial charge in [0.05, 0.1) is 34.4 Å². The maximum atomic E-state index is 10.2. The maximum absolute atomic E-state index is 10.2. The van der Waals surface area contributed by atoms with Gasteiger partial charge in [0, 0.05) is 27.6 Å². The molecule has 0 aliphatic heterocycles. The third-order valence-corrected chi connectivity index (χ3v) is 10.8. The van der Waals surface area contributed by atoms with E-state index < -0.39 is 136 Å². The first kappa shape index (κ1) is 20.1. The highest BCUT2D eigenvalue weighted by molar-refractivity contribution is 6.22. The molecule has 11 rings (SSSR count). The first-order valence-corrected chi connectivity index (χ1v) is 18.4. The summed E-state index contributed by atoms with van der Waals surface area (Å²) < 4.78 is 161. The summed E-state index contributed by atoms with van der Waals surface area (Å²) in [7, 11) is 0. The van der Waals surface area contributed by atoms with Gasteiger partial charge in [0.1, 0.15) is 11.2 Å². The molecule has 0 saturated carbocycles. The Morgan fingerprint density at radius 2 is 1.16 bits per heavy atom. The van der Waals surface area contributed by atoms with Crippen LogP contribution in [0.4, 0.5) is 17.1 Å². The number of rotatable bonds is 6. The summed E-state index contributed by atoms with van der Waals surface area (Å²) in [5, 5.41) is -1.10. The fourth-order valence-electron chi connectivity index (χ4n) is 8.09. The van der Waals surface area contributed by atoms with Crippen molar-refractivity contribution in [2.75, 3.05) is 4.90 Å². The molecule has 270 valence electrons. The molecule has 1 aliphatic carbocycles. The number of benzene rings is 9. The van der Waals surface area contributed by atoms with Crippen LogP contribution in [-0.2, 0) is 5.41 Å². The minimum absolute atomic E-state index is 0.0473. The molecule has 0 atom stereocenters. The van der Waals surface area contributed by atoms with Gasteiger partial charge in [0.15, 0.2) is 0 Å². The molecule has 0 spiro atoms. The van der Waals surface area contributed by atoms with Crippen LogP contribution in [0, 0.1) is 0 Å². The molecule has 0 bridgehead atoms. The molecule has 1 heterocycles. The number of hydrogen-bond donors (Lipinski definition) is 0. The van der Waals surface area contributed by atoms with Gasteiger partial charge < -0.3 is 9.32 Å². The Labute approximate surface area is 356 Å². The van der Waals surface area contributed by atoms with Gasteiger partial charge in [-0.15, -0.1) is 0 Å². The van der Waals surface area contributed by atoms with Gasteiger partial charge >= 0.3 is 0 Å². The van der Waals surface area contributed by atoms with Crippen molar-refractivity contribution in [1.29, 1.82) is 0 Å². The third-order valence-electron chi connectivity index (χ3n) is 10.8. The maximum Gasteiger partial charge on any atom is 0.143 e. The van der Waals surface area contributed by atoms with Crippen molar-refractivity contribution < 1.29 is 27.7 Å². The van der Waals surface area contributed by atoms with Crippen LogP contribution in [0.5, 0.6) is 0 Å². The Hall–Kier alpha value is -7.16. The lowest BCUT2D eigenvalue weighted by molar-refractivity contribution is 0.660. The summed E-state index contributed by atoms with van der Waals surface area (Å²) in [6, 6.07) is 18.5. The van der Waals surface area contributed by atoms with E-state index in [0.29, 0.717) is 11.4 Å². The molecule has 2 heteroatoms. The summed E-state index contributed by atoms with van der Waals surface area (Å²) in [5.74, 6) is 0. The van der Waals surface area contributed by atoms with Crippen molar-refractivity contribution in [1.82, 2.24) is 0 Å². The lowest BCUT2D eigenvalue weighted by Gasteiger charge is -2.29. The number of nitrogens with zero attached hydrogens (tertiary/aromatic N) is 1. The van der Waals surface area contributed by atoms with Crippen LogP contribution in [0.2, 0.25) is 0 Å². The first-order chi connectivity index (χ1) is 35.1. The second kappa shape index (κ2) is 13.0. The zero-order valence-electron chi connectivity index (χ0n) is 47.6. The number of furan rings is 1. The number of hydrogen-bond acceptors (Lipinski definition) is 2. The third kappa shape index (κ3) is 5.33. The minimum Gasteiger partial charge on any atom is -0.455 e. The van der Waals surface area contributed by atoms with Gasteiger partial charge in [0.2, 0.25) is 0 Å². The monoisotopic (exact) mass is 746 g/mol. The van der Waals surface area contributed by atoms with E-state index in [0.717, 1.165) is 33.4 Å². The first-order valence-electron chi connectivity index (χ1n) is 26.9. The average Bonchev–Trinajstić information content (AvgIpc) is 3.91. The quantitative estimate of drug-likeness (QED) is 0.168. The Kier molecular flexibility index (Phi) is 4.58. The fraction of sp³-hybridized carbons (Fsp3) is 0.0545. The van der Waals surface area contributed by atoms with Gasteiger partial charge in [-0.2, -0.15) is 0 Å². The van der Waals surface area contributed by atoms with E-state index in [1.54, 1.807) is 4.90 Å². The number of anilines is 3. The van der Waals surface area contributed by atoms with E-state index >= 15 is 0 Å².